The minimum atomic E-state index is -0.382. The van der Waals surface area contributed by atoms with Crippen LogP contribution in [0.5, 0.6) is 0 Å². The monoisotopic (exact) mass is 436 g/mol. The van der Waals surface area contributed by atoms with E-state index in [-0.39, 0.29) is 24.3 Å². The topological polar surface area (TPSA) is 88.0 Å². The number of aromatic amines is 1. The molecule has 2 heterocycles. The number of amides is 1. The fourth-order valence-electron chi connectivity index (χ4n) is 3.07. The number of anilines is 1. The minimum Gasteiger partial charge on any atom is -1.00 e. The van der Waals surface area contributed by atoms with Gasteiger partial charge in [-0.25, -0.2) is 9.78 Å². The predicted molar refractivity (Wildman–Crippen MR) is 112 cm³/mol. The van der Waals surface area contributed by atoms with E-state index in [4.69, 9.17) is 4.74 Å². The number of H-pyrrole nitrogens is 1. The summed E-state index contributed by atoms with van der Waals surface area (Å²) in [5.41, 5.74) is 3.51. The molecule has 0 radical (unpaired) electrons. The number of hydrogen-bond acceptors (Lipinski definition) is 4. The molecule has 7 nitrogen and oxygen atoms in total. The summed E-state index contributed by atoms with van der Waals surface area (Å²) in [5, 5.41) is 2.82. The van der Waals surface area contributed by atoms with E-state index in [2.05, 4.69) is 15.3 Å². The van der Waals surface area contributed by atoms with E-state index in [1.54, 1.807) is 43.3 Å². The maximum Gasteiger partial charge on any atom is 0.338 e. The zero-order valence-electron chi connectivity index (χ0n) is 16.8. The Morgan fingerprint density at radius 2 is 1.71 bits per heavy atom. The average Bonchev–Trinajstić information content (AvgIpc) is 3.17. The molecule has 0 aliphatic heterocycles. The van der Waals surface area contributed by atoms with Gasteiger partial charge in [-0.1, -0.05) is 12.1 Å². The number of nitrogens with zero attached hydrogens (tertiary/aromatic N) is 2. The number of benzene rings is 2. The zero-order valence-corrected chi connectivity index (χ0v) is 17.6. The summed E-state index contributed by atoms with van der Waals surface area (Å²) >= 11 is 0. The third kappa shape index (κ3) is 5.26. The molecule has 2 aromatic carbocycles. The van der Waals surface area contributed by atoms with Crippen LogP contribution >= 0.6 is 0 Å². The van der Waals surface area contributed by atoms with Gasteiger partial charge in [0.15, 0.2) is 18.2 Å². The number of nitrogens with one attached hydrogen (secondary N) is 2. The molecule has 0 aliphatic rings. The van der Waals surface area contributed by atoms with Gasteiger partial charge in [-0.2, -0.15) is 4.57 Å². The lowest BCUT2D eigenvalue weighted by molar-refractivity contribution is -0.689. The first-order valence-corrected chi connectivity index (χ1v) is 9.63. The van der Waals surface area contributed by atoms with Gasteiger partial charge in [0.2, 0.25) is 6.54 Å². The molecule has 1 amide bonds. The lowest BCUT2D eigenvalue weighted by atomic mass is 10.2. The van der Waals surface area contributed by atoms with Crippen LogP contribution < -0.4 is 22.3 Å². The highest BCUT2D eigenvalue weighted by molar-refractivity contribution is 6.04. The Morgan fingerprint density at radius 1 is 1.00 bits per heavy atom. The Bertz CT molecular complexity index is 1150. The van der Waals surface area contributed by atoms with Crippen molar-refractivity contribution in [2.45, 2.75) is 13.5 Å². The molecule has 0 spiro atoms. The maximum atomic E-state index is 12.5. The molecular weight excluding hydrogens is 416 g/mol. The Kier molecular flexibility index (Phi) is 6.99. The number of hydrogen-bond donors (Lipinski definition) is 2. The van der Waals surface area contributed by atoms with E-state index in [1.165, 1.54) is 0 Å². The molecular formula is C23H21ClN4O3. The number of pyridine rings is 1. The second kappa shape index (κ2) is 9.86. The molecule has 31 heavy (non-hydrogen) atoms. The fraction of sp³-hybridized carbons (Fsp3) is 0.130. The number of imidazole rings is 1. The van der Waals surface area contributed by atoms with Crippen molar-refractivity contribution in [3.05, 3.63) is 90.0 Å². The third-order valence-corrected chi connectivity index (χ3v) is 4.58. The van der Waals surface area contributed by atoms with Crippen molar-refractivity contribution in [1.29, 1.82) is 0 Å². The van der Waals surface area contributed by atoms with E-state index in [0.717, 1.165) is 16.9 Å². The zero-order chi connectivity index (χ0) is 20.9. The Labute approximate surface area is 185 Å². The van der Waals surface area contributed by atoms with Crippen molar-refractivity contribution < 1.29 is 31.3 Å². The highest BCUT2D eigenvalue weighted by atomic mass is 35.5. The number of carbonyl (C=O) groups is 2. The van der Waals surface area contributed by atoms with Crippen LogP contribution in [-0.4, -0.2) is 28.5 Å². The van der Waals surface area contributed by atoms with Gasteiger partial charge >= 0.3 is 5.97 Å². The van der Waals surface area contributed by atoms with E-state index in [1.807, 2.05) is 41.2 Å². The van der Waals surface area contributed by atoms with Crippen LogP contribution in [-0.2, 0) is 11.3 Å². The highest BCUT2D eigenvalue weighted by Crippen LogP contribution is 2.13. The largest absolute Gasteiger partial charge is 1.00 e. The van der Waals surface area contributed by atoms with Crippen molar-refractivity contribution in [3.63, 3.8) is 0 Å². The second-order valence-corrected chi connectivity index (χ2v) is 6.71. The van der Waals surface area contributed by atoms with Gasteiger partial charge < -0.3 is 27.4 Å². The van der Waals surface area contributed by atoms with Crippen LogP contribution in [0.25, 0.3) is 11.0 Å². The smallest absolute Gasteiger partial charge is 0.338 e. The normalized spacial score (nSPS) is 10.4. The summed E-state index contributed by atoms with van der Waals surface area (Å²) in [6.45, 7) is 2.65. The Morgan fingerprint density at radius 3 is 2.39 bits per heavy atom. The number of para-hydroxylation sites is 2. The number of carbonyl (C=O) groups excluding carboxylic acids is 2. The average molecular weight is 437 g/mol. The summed E-state index contributed by atoms with van der Waals surface area (Å²) in [4.78, 5) is 32.0. The highest BCUT2D eigenvalue weighted by Gasteiger charge is 2.12. The molecule has 0 atom stereocenters. The number of halogens is 1. The van der Waals surface area contributed by atoms with Crippen molar-refractivity contribution in [3.8, 4) is 0 Å². The first kappa shape index (κ1) is 22.0. The molecule has 158 valence electrons. The summed E-state index contributed by atoms with van der Waals surface area (Å²) in [7, 11) is 0. The molecule has 0 aliphatic carbocycles. The first-order chi connectivity index (χ1) is 14.6. The summed E-state index contributed by atoms with van der Waals surface area (Å²) in [6.07, 6.45) is 3.68. The van der Waals surface area contributed by atoms with E-state index >= 15 is 0 Å². The minimum absolute atomic E-state index is 0. The Balaban J connectivity index is 0.00000272. The van der Waals surface area contributed by atoms with Crippen LogP contribution in [0.1, 0.15) is 33.5 Å². The van der Waals surface area contributed by atoms with Gasteiger partial charge in [0.05, 0.1) is 28.8 Å². The Hall–Kier alpha value is -3.71. The SMILES string of the molecule is CCOC(=O)c1ccc(NC(=O)c2cc[n+](Cc3nc4ccccc4[nH]3)cc2)cc1.[Cl-]. The van der Waals surface area contributed by atoms with Crippen LogP contribution in [0.4, 0.5) is 5.69 Å². The lowest BCUT2D eigenvalue weighted by Crippen LogP contribution is -3.00. The van der Waals surface area contributed by atoms with Crippen LogP contribution in [0.15, 0.2) is 73.1 Å². The van der Waals surface area contributed by atoms with Gasteiger partial charge in [-0.05, 0) is 43.3 Å². The van der Waals surface area contributed by atoms with E-state index < -0.39 is 0 Å². The van der Waals surface area contributed by atoms with Crippen molar-refractivity contribution in [2.75, 3.05) is 11.9 Å². The molecule has 0 saturated carbocycles. The summed E-state index contributed by atoms with van der Waals surface area (Å²) < 4.78 is 6.90. The molecule has 4 rings (SSSR count). The van der Waals surface area contributed by atoms with Gasteiger partial charge in [0, 0.05) is 17.8 Å². The number of fused-ring (bicyclic) bond motifs is 1. The van der Waals surface area contributed by atoms with E-state index in [9.17, 15) is 9.59 Å². The molecule has 0 unspecified atom stereocenters. The molecule has 0 fully saturated rings. The number of aromatic nitrogens is 3. The molecule has 2 aromatic heterocycles. The predicted octanol–water partition coefficient (Wildman–Crippen LogP) is 0.332. The number of esters is 1. The summed E-state index contributed by atoms with van der Waals surface area (Å²) in [5.74, 6) is 0.238. The lowest BCUT2D eigenvalue weighted by Gasteiger charge is -2.06. The van der Waals surface area contributed by atoms with Crippen LogP contribution in [0, 0.1) is 0 Å². The fourth-order valence-corrected chi connectivity index (χ4v) is 3.07. The van der Waals surface area contributed by atoms with Crippen molar-refractivity contribution in [1.82, 2.24) is 9.97 Å². The standard InChI is InChI=1S/C23H20N4O3.ClH/c1-2-30-23(29)17-7-9-18(10-8-17)24-22(28)16-11-13-27(14-12-16)15-21-25-19-5-3-4-6-20(19)26-21;/h3-14H,2,15H2,1H3,(H-,24,25,26,28,29);1H. The van der Waals surface area contributed by atoms with Crippen molar-refractivity contribution in [2.24, 2.45) is 0 Å². The third-order valence-electron chi connectivity index (χ3n) is 4.58. The molecule has 0 bridgehead atoms. The van der Waals surface area contributed by atoms with Crippen LogP contribution in [0.3, 0.4) is 0 Å². The number of ether oxygens (including phenoxy) is 1. The molecule has 2 N–H and O–H groups in total. The van der Waals surface area contributed by atoms with E-state index in [0.29, 0.717) is 30.0 Å². The van der Waals surface area contributed by atoms with Gasteiger partial charge in [-0.15, -0.1) is 0 Å². The van der Waals surface area contributed by atoms with Crippen molar-refractivity contribution >= 4 is 28.6 Å². The molecule has 4 aromatic rings. The molecule has 0 saturated heterocycles. The van der Waals surface area contributed by atoms with Crippen LogP contribution in [0.2, 0.25) is 0 Å². The van der Waals surface area contributed by atoms with Gasteiger partial charge in [0.25, 0.3) is 5.91 Å². The number of rotatable bonds is 6. The van der Waals surface area contributed by atoms with Gasteiger partial charge in [0.1, 0.15) is 0 Å². The first-order valence-electron chi connectivity index (χ1n) is 9.63. The second-order valence-electron chi connectivity index (χ2n) is 6.71. The molecule has 8 heteroatoms. The maximum absolute atomic E-state index is 12.5. The summed E-state index contributed by atoms with van der Waals surface area (Å²) in [6, 6.07) is 18.0. The van der Waals surface area contributed by atoms with Gasteiger partial charge in [-0.3, -0.25) is 4.79 Å². The quantitative estimate of drug-likeness (QED) is 0.337.